The van der Waals surface area contributed by atoms with Gasteiger partial charge in [-0.1, -0.05) is 18.2 Å². The number of carbonyl (C=O) groups excluding carboxylic acids is 1. The molecule has 0 bridgehead atoms. The van der Waals surface area contributed by atoms with Crippen LogP contribution in [0.4, 0.5) is 17.1 Å². The van der Waals surface area contributed by atoms with Crippen LogP contribution in [0.15, 0.2) is 48.5 Å². The van der Waals surface area contributed by atoms with Crippen LogP contribution in [0.2, 0.25) is 0 Å². The molecule has 2 aromatic carbocycles. The Labute approximate surface area is 151 Å². The van der Waals surface area contributed by atoms with Gasteiger partial charge in [0.05, 0.1) is 11.5 Å². The van der Waals surface area contributed by atoms with Crippen molar-refractivity contribution in [3.63, 3.8) is 0 Å². The fourth-order valence-corrected chi connectivity index (χ4v) is 2.27. The lowest BCUT2D eigenvalue weighted by atomic mass is 10.1. The summed E-state index contributed by atoms with van der Waals surface area (Å²) in [5, 5.41) is 20.2. The monoisotopic (exact) mass is 358 g/mol. The Morgan fingerprint density at radius 3 is 2.58 bits per heavy atom. The standard InChI is InChI=1S/C18H22N4O4/c1-26-12-11-19-9-10-20-18(23)14-7-8-16(17(13-14)22(24)25)21-15-5-3-2-4-6-15/h2-8,13,19,21H,9-12H2,1H3,(H,20,23). The van der Waals surface area contributed by atoms with Gasteiger partial charge in [-0.25, -0.2) is 0 Å². The molecule has 0 fully saturated rings. The number of nitrogens with zero attached hydrogens (tertiary/aromatic N) is 1. The maximum Gasteiger partial charge on any atom is 0.293 e. The lowest BCUT2D eigenvalue weighted by molar-refractivity contribution is -0.383. The number of carbonyl (C=O) groups is 1. The van der Waals surface area contributed by atoms with Gasteiger partial charge in [0.2, 0.25) is 0 Å². The highest BCUT2D eigenvalue weighted by atomic mass is 16.6. The van der Waals surface area contributed by atoms with Gasteiger partial charge in [-0.2, -0.15) is 0 Å². The van der Waals surface area contributed by atoms with E-state index in [1.807, 2.05) is 18.2 Å². The summed E-state index contributed by atoms with van der Waals surface area (Å²) in [5.41, 5.74) is 1.15. The molecule has 0 heterocycles. The first kappa shape index (κ1) is 19.4. The molecule has 0 atom stereocenters. The number of nitrogens with one attached hydrogen (secondary N) is 3. The van der Waals surface area contributed by atoms with Crippen molar-refractivity contribution in [2.75, 3.05) is 38.7 Å². The Balaban J connectivity index is 2.00. The highest BCUT2D eigenvalue weighted by Gasteiger charge is 2.17. The second-order valence-corrected chi connectivity index (χ2v) is 5.48. The SMILES string of the molecule is COCCNCCNC(=O)c1ccc(Nc2ccccc2)c([N+](=O)[O-])c1. The largest absolute Gasteiger partial charge is 0.383 e. The minimum Gasteiger partial charge on any atom is -0.383 e. The van der Waals surface area contributed by atoms with Gasteiger partial charge in [0.25, 0.3) is 11.6 Å². The molecule has 0 radical (unpaired) electrons. The smallest absolute Gasteiger partial charge is 0.293 e. The Hall–Kier alpha value is -2.97. The van der Waals surface area contributed by atoms with Crippen LogP contribution in [0.1, 0.15) is 10.4 Å². The van der Waals surface area contributed by atoms with Gasteiger partial charge >= 0.3 is 0 Å². The number of benzene rings is 2. The average Bonchev–Trinajstić information content (AvgIpc) is 2.65. The zero-order chi connectivity index (χ0) is 18.8. The summed E-state index contributed by atoms with van der Waals surface area (Å²) in [6.45, 7) is 2.29. The van der Waals surface area contributed by atoms with E-state index in [4.69, 9.17) is 4.74 Å². The topological polar surface area (TPSA) is 106 Å². The Morgan fingerprint density at radius 2 is 1.88 bits per heavy atom. The Kier molecular flexibility index (Phi) is 7.53. The fourth-order valence-electron chi connectivity index (χ4n) is 2.27. The maximum atomic E-state index is 12.2. The van der Waals surface area contributed by atoms with Crippen molar-refractivity contribution >= 4 is 23.0 Å². The molecule has 8 nitrogen and oxygen atoms in total. The van der Waals surface area contributed by atoms with Crippen molar-refractivity contribution in [3.8, 4) is 0 Å². The summed E-state index contributed by atoms with van der Waals surface area (Å²) in [5.74, 6) is -0.354. The van der Waals surface area contributed by atoms with Gasteiger partial charge in [0.15, 0.2) is 0 Å². The Morgan fingerprint density at radius 1 is 1.12 bits per heavy atom. The van der Waals surface area contributed by atoms with Crippen molar-refractivity contribution in [2.24, 2.45) is 0 Å². The molecule has 26 heavy (non-hydrogen) atoms. The van der Waals surface area contributed by atoms with E-state index < -0.39 is 4.92 Å². The second kappa shape index (κ2) is 10.1. The number of amides is 1. The molecule has 0 saturated carbocycles. The molecule has 0 aromatic heterocycles. The lowest BCUT2D eigenvalue weighted by Gasteiger charge is -2.10. The number of anilines is 2. The first-order valence-corrected chi connectivity index (χ1v) is 8.20. The van der Waals surface area contributed by atoms with Gasteiger partial charge in [0, 0.05) is 44.1 Å². The first-order valence-electron chi connectivity index (χ1n) is 8.20. The number of methoxy groups -OCH3 is 1. The third-order valence-electron chi connectivity index (χ3n) is 3.58. The van der Waals surface area contributed by atoms with Crippen molar-refractivity contribution in [3.05, 3.63) is 64.2 Å². The first-order chi connectivity index (χ1) is 12.6. The Bertz CT molecular complexity index is 737. The molecule has 0 aliphatic heterocycles. The van der Waals surface area contributed by atoms with Gasteiger partial charge in [-0.3, -0.25) is 14.9 Å². The van der Waals surface area contributed by atoms with E-state index in [2.05, 4.69) is 16.0 Å². The molecule has 0 aliphatic rings. The number of nitro benzene ring substituents is 1. The second-order valence-electron chi connectivity index (χ2n) is 5.48. The lowest BCUT2D eigenvalue weighted by Crippen LogP contribution is -2.33. The third-order valence-corrected chi connectivity index (χ3v) is 3.58. The van der Waals surface area contributed by atoms with Crippen LogP contribution in [-0.2, 0) is 4.74 Å². The van der Waals surface area contributed by atoms with E-state index in [1.165, 1.54) is 12.1 Å². The summed E-state index contributed by atoms with van der Waals surface area (Å²) in [6, 6.07) is 13.5. The van der Waals surface area contributed by atoms with Crippen LogP contribution in [-0.4, -0.2) is 44.2 Å². The van der Waals surface area contributed by atoms with Crippen LogP contribution in [0.3, 0.4) is 0 Å². The molecule has 0 aliphatic carbocycles. The van der Waals surface area contributed by atoms with Crippen molar-refractivity contribution in [2.45, 2.75) is 0 Å². The molecule has 1 amide bonds. The van der Waals surface area contributed by atoms with Crippen LogP contribution in [0.25, 0.3) is 0 Å². The molecule has 8 heteroatoms. The van der Waals surface area contributed by atoms with Gasteiger partial charge in [0.1, 0.15) is 5.69 Å². The van der Waals surface area contributed by atoms with Gasteiger partial charge < -0.3 is 20.7 Å². The number of nitro groups is 1. The van der Waals surface area contributed by atoms with Crippen molar-refractivity contribution in [1.29, 1.82) is 0 Å². The molecular weight excluding hydrogens is 336 g/mol. The van der Waals surface area contributed by atoms with E-state index in [0.29, 0.717) is 31.9 Å². The molecule has 2 aromatic rings. The summed E-state index contributed by atoms with van der Waals surface area (Å²) in [7, 11) is 1.62. The molecule has 2 rings (SSSR count). The summed E-state index contributed by atoms with van der Waals surface area (Å²) in [4.78, 5) is 23.0. The zero-order valence-electron chi connectivity index (χ0n) is 14.5. The molecular formula is C18H22N4O4. The number of rotatable bonds is 10. The van der Waals surface area contributed by atoms with Gasteiger partial charge in [-0.05, 0) is 24.3 Å². The predicted molar refractivity (Wildman–Crippen MR) is 99.9 cm³/mol. The van der Waals surface area contributed by atoms with E-state index in [-0.39, 0.29) is 17.2 Å². The number of para-hydroxylation sites is 1. The fraction of sp³-hybridized carbons (Fsp3) is 0.278. The maximum absolute atomic E-state index is 12.2. The average molecular weight is 358 g/mol. The highest BCUT2D eigenvalue weighted by molar-refractivity contribution is 5.95. The van der Waals surface area contributed by atoms with Gasteiger partial charge in [-0.15, -0.1) is 0 Å². The quantitative estimate of drug-likeness (QED) is 0.342. The number of ether oxygens (including phenoxy) is 1. The van der Waals surface area contributed by atoms with E-state index >= 15 is 0 Å². The molecule has 0 spiro atoms. The van der Waals surface area contributed by atoms with E-state index in [9.17, 15) is 14.9 Å². The third kappa shape index (κ3) is 5.83. The van der Waals surface area contributed by atoms with Crippen LogP contribution < -0.4 is 16.0 Å². The molecule has 138 valence electrons. The summed E-state index contributed by atoms with van der Waals surface area (Å²) in [6.07, 6.45) is 0. The highest BCUT2D eigenvalue weighted by Crippen LogP contribution is 2.28. The molecule has 0 saturated heterocycles. The van der Waals surface area contributed by atoms with E-state index in [0.717, 1.165) is 5.69 Å². The minimum absolute atomic E-state index is 0.153. The molecule has 0 unspecified atom stereocenters. The molecule has 3 N–H and O–H groups in total. The van der Waals surface area contributed by atoms with Crippen LogP contribution in [0, 0.1) is 10.1 Å². The summed E-state index contributed by atoms with van der Waals surface area (Å²) >= 11 is 0. The number of hydrogen-bond acceptors (Lipinski definition) is 6. The van der Waals surface area contributed by atoms with Crippen molar-refractivity contribution in [1.82, 2.24) is 10.6 Å². The zero-order valence-corrected chi connectivity index (χ0v) is 14.5. The van der Waals surface area contributed by atoms with E-state index in [1.54, 1.807) is 25.3 Å². The summed E-state index contributed by atoms with van der Waals surface area (Å²) < 4.78 is 4.91. The minimum atomic E-state index is -0.506. The van der Waals surface area contributed by atoms with Crippen molar-refractivity contribution < 1.29 is 14.5 Å². The van der Waals surface area contributed by atoms with Crippen LogP contribution in [0.5, 0.6) is 0 Å². The predicted octanol–water partition coefficient (Wildman–Crippen LogP) is 2.30. The van der Waals surface area contributed by atoms with Crippen LogP contribution >= 0.6 is 0 Å². The normalized spacial score (nSPS) is 10.3. The number of hydrogen-bond donors (Lipinski definition) is 3.